The highest BCUT2D eigenvalue weighted by molar-refractivity contribution is 6.48. The van der Waals surface area contributed by atoms with Gasteiger partial charge in [-0.25, -0.2) is 0 Å². The van der Waals surface area contributed by atoms with Crippen molar-refractivity contribution in [1.82, 2.24) is 5.32 Å². The highest BCUT2D eigenvalue weighted by atomic mass is 16.7. The monoisotopic (exact) mass is 503 g/mol. The molecule has 2 unspecified atom stereocenters. The average Bonchev–Trinajstić information content (AvgIpc) is 3.45. The Bertz CT molecular complexity index is 1210. The third-order valence-corrected chi connectivity index (χ3v) is 8.12. The Labute approximate surface area is 220 Å². The Hall–Kier alpha value is -2.77. The molecular formula is C30H38BNO5. The second-order valence-corrected chi connectivity index (χ2v) is 11.1. The summed E-state index contributed by atoms with van der Waals surface area (Å²) in [6.07, 6.45) is 5.88. The van der Waals surface area contributed by atoms with Crippen molar-refractivity contribution in [3.05, 3.63) is 65.9 Å². The van der Waals surface area contributed by atoms with Crippen LogP contribution >= 0.6 is 0 Å². The van der Waals surface area contributed by atoms with E-state index in [0.29, 0.717) is 24.9 Å². The number of fused-ring (bicyclic) bond motifs is 2. The van der Waals surface area contributed by atoms with Gasteiger partial charge < -0.3 is 23.8 Å². The molecule has 1 aromatic heterocycles. The maximum absolute atomic E-state index is 13.1. The summed E-state index contributed by atoms with van der Waals surface area (Å²) >= 11 is 0. The van der Waals surface area contributed by atoms with Gasteiger partial charge in [-0.05, 0) is 68.7 Å². The Morgan fingerprint density at radius 3 is 2.73 bits per heavy atom. The summed E-state index contributed by atoms with van der Waals surface area (Å²) in [5, 5.41) is 4.27. The first-order valence-electron chi connectivity index (χ1n) is 13.6. The second kappa shape index (κ2) is 10.9. The van der Waals surface area contributed by atoms with Crippen LogP contribution in [-0.4, -0.2) is 37.3 Å². The molecule has 1 aliphatic carbocycles. The minimum atomic E-state index is -0.523. The molecule has 0 bridgehead atoms. The lowest BCUT2D eigenvalue weighted by atomic mass is 9.69. The van der Waals surface area contributed by atoms with Crippen molar-refractivity contribution in [3.8, 4) is 5.75 Å². The zero-order valence-corrected chi connectivity index (χ0v) is 22.4. The molecule has 2 heterocycles. The van der Waals surface area contributed by atoms with Gasteiger partial charge in [-0.1, -0.05) is 56.2 Å². The third-order valence-electron chi connectivity index (χ3n) is 8.12. The van der Waals surface area contributed by atoms with Gasteiger partial charge in [-0.2, -0.15) is 0 Å². The standard InChI is InChI=1S/C30H38BNO5/c1-20(2)25-9-7-11-27-30(25,4)37-31(36-27)28(18-22-19-35-26-10-6-5-8-24(22)26)32-29(33)16-17-34-23-14-12-21(3)13-15-23/h5-6,8,10,12-15,19-20,25,27-28H,7,9,11,16-18H2,1-4H3,(H,32,33)/t25-,27?,28?,30-/m0/s1. The zero-order chi connectivity index (χ0) is 26.0. The molecule has 0 radical (unpaired) electrons. The van der Waals surface area contributed by atoms with E-state index in [1.165, 1.54) is 5.56 Å². The molecule has 2 aliphatic rings. The van der Waals surface area contributed by atoms with Crippen LogP contribution in [0.15, 0.2) is 59.2 Å². The number of benzene rings is 2. The van der Waals surface area contributed by atoms with Crippen molar-refractivity contribution < 1.29 is 23.3 Å². The molecule has 3 aromatic rings. The van der Waals surface area contributed by atoms with Crippen LogP contribution in [0.5, 0.6) is 5.75 Å². The van der Waals surface area contributed by atoms with E-state index in [2.05, 4.69) is 32.2 Å². The number of ether oxygens (including phenoxy) is 1. The zero-order valence-electron chi connectivity index (χ0n) is 22.4. The van der Waals surface area contributed by atoms with Crippen LogP contribution in [0.1, 0.15) is 57.6 Å². The van der Waals surface area contributed by atoms with Crippen LogP contribution in [0.3, 0.4) is 0 Å². The third kappa shape index (κ3) is 5.58. The first-order valence-corrected chi connectivity index (χ1v) is 13.6. The van der Waals surface area contributed by atoms with Gasteiger partial charge >= 0.3 is 7.12 Å². The Morgan fingerprint density at radius 2 is 1.95 bits per heavy atom. The molecule has 6 nitrogen and oxygen atoms in total. The second-order valence-electron chi connectivity index (χ2n) is 11.1. The molecule has 2 fully saturated rings. The van der Waals surface area contributed by atoms with Crippen molar-refractivity contribution >= 4 is 24.0 Å². The Morgan fingerprint density at radius 1 is 1.16 bits per heavy atom. The summed E-state index contributed by atoms with van der Waals surface area (Å²) in [4.78, 5) is 13.1. The molecule has 1 aliphatic heterocycles. The van der Waals surface area contributed by atoms with Crippen LogP contribution in [0.2, 0.25) is 0 Å². The van der Waals surface area contributed by atoms with E-state index in [1.54, 1.807) is 6.26 Å². The molecular weight excluding hydrogens is 465 g/mol. The fraction of sp³-hybridized carbons (Fsp3) is 0.500. The molecule has 2 aromatic carbocycles. The largest absolute Gasteiger partial charge is 0.493 e. The molecule has 1 N–H and O–H groups in total. The summed E-state index contributed by atoms with van der Waals surface area (Å²) in [7, 11) is -0.523. The van der Waals surface area contributed by atoms with Crippen LogP contribution in [0.25, 0.3) is 11.0 Å². The number of nitrogens with one attached hydrogen (secondary N) is 1. The van der Waals surface area contributed by atoms with Crippen LogP contribution in [-0.2, 0) is 20.5 Å². The number of hydrogen-bond acceptors (Lipinski definition) is 5. The first-order chi connectivity index (χ1) is 17.8. The van der Waals surface area contributed by atoms with Crippen molar-refractivity contribution in [3.63, 3.8) is 0 Å². The number of amides is 1. The van der Waals surface area contributed by atoms with E-state index in [-0.39, 0.29) is 30.0 Å². The molecule has 37 heavy (non-hydrogen) atoms. The van der Waals surface area contributed by atoms with Gasteiger partial charge in [-0.15, -0.1) is 0 Å². The normalized spacial score (nSPS) is 24.3. The van der Waals surface area contributed by atoms with E-state index in [4.69, 9.17) is 18.5 Å². The van der Waals surface area contributed by atoms with E-state index < -0.39 is 7.12 Å². The minimum absolute atomic E-state index is 0.0315. The van der Waals surface area contributed by atoms with Gasteiger partial charge in [0, 0.05) is 5.39 Å². The van der Waals surface area contributed by atoms with E-state index in [9.17, 15) is 4.79 Å². The van der Waals surface area contributed by atoms with Gasteiger partial charge in [0.2, 0.25) is 5.91 Å². The van der Waals surface area contributed by atoms with Crippen molar-refractivity contribution in [1.29, 1.82) is 0 Å². The quantitative estimate of drug-likeness (QED) is 0.369. The fourth-order valence-electron chi connectivity index (χ4n) is 6.13. The highest BCUT2D eigenvalue weighted by Crippen LogP contribution is 2.47. The summed E-state index contributed by atoms with van der Waals surface area (Å²) in [6.45, 7) is 9.06. The van der Waals surface area contributed by atoms with Gasteiger partial charge in [0.25, 0.3) is 0 Å². The summed E-state index contributed by atoms with van der Waals surface area (Å²) in [6, 6.07) is 15.8. The fourth-order valence-corrected chi connectivity index (χ4v) is 6.13. The van der Waals surface area contributed by atoms with Gasteiger partial charge in [0.05, 0.1) is 36.9 Å². The number of aryl methyl sites for hydroxylation is 1. The predicted octanol–water partition coefficient (Wildman–Crippen LogP) is 5.90. The average molecular weight is 503 g/mol. The lowest BCUT2D eigenvalue weighted by Gasteiger charge is -2.44. The highest BCUT2D eigenvalue weighted by Gasteiger charge is 2.57. The minimum Gasteiger partial charge on any atom is -0.493 e. The van der Waals surface area contributed by atoms with Gasteiger partial charge in [-0.3, -0.25) is 4.79 Å². The number of carbonyl (C=O) groups excluding carboxylic acids is 1. The van der Waals surface area contributed by atoms with Crippen LogP contribution < -0.4 is 10.1 Å². The molecule has 5 rings (SSSR count). The van der Waals surface area contributed by atoms with E-state index in [0.717, 1.165) is 41.5 Å². The van der Waals surface area contributed by atoms with E-state index >= 15 is 0 Å². The molecule has 4 atom stereocenters. The number of carbonyl (C=O) groups is 1. The van der Waals surface area contributed by atoms with Crippen molar-refractivity contribution in [2.75, 3.05) is 6.61 Å². The molecule has 1 saturated carbocycles. The summed E-state index contributed by atoms with van der Waals surface area (Å²) in [5.41, 5.74) is 2.69. The lowest BCUT2D eigenvalue weighted by molar-refractivity contribution is -0.122. The molecule has 196 valence electrons. The van der Waals surface area contributed by atoms with E-state index in [1.807, 2.05) is 49.4 Å². The van der Waals surface area contributed by atoms with Crippen molar-refractivity contribution in [2.45, 2.75) is 77.4 Å². The molecule has 0 spiro atoms. The summed E-state index contributed by atoms with van der Waals surface area (Å²) in [5.74, 6) is 1.25. The van der Waals surface area contributed by atoms with Gasteiger partial charge in [0.15, 0.2) is 0 Å². The molecule has 1 amide bonds. The van der Waals surface area contributed by atoms with Crippen LogP contribution in [0.4, 0.5) is 0 Å². The Balaban J connectivity index is 1.31. The SMILES string of the molecule is Cc1ccc(OCCC(=O)NC(Cc2coc3ccccc23)B2OC3CCC[C@@H](C(C)C)[C@]3(C)O2)cc1. The summed E-state index contributed by atoms with van der Waals surface area (Å²) < 4.78 is 24.9. The Kier molecular flexibility index (Phi) is 7.63. The molecule has 1 saturated heterocycles. The topological polar surface area (TPSA) is 69.9 Å². The van der Waals surface area contributed by atoms with Gasteiger partial charge in [0.1, 0.15) is 11.3 Å². The molecule has 7 heteroatoms. The maximum atomic E-state index is 13.1. The number of rotatable bonds is 9. The first kappa shape index (κ1) is 25.9. The number of furan rings is 1. The number of para-hydroxylation sites is 1. The van der Waals surface area contributed by atoms with Crippen molar-refractivity contribution in [2.24, 2.45) is 11.8 Å². The smallest absolute Gasteiger partial charge is 0.482 e. The van der Waals surface area contributed by atoms with Crippen LogP contribution in [0, 0.1) is 18.8 Å². The predicted molar refractivity (Wildman–Crippen MR) is 145 cm³/mol. The lowest BCUT2D eigenvalue weighted by Crippen LogP contribution is -2.51. The maximum Gasteiger partial charge on any atom is 0.482 e. The number of hydrogen-bond donors (Lipinski definition) is 1.